The molecule has 0 aliphatic heterocycles. The summed E-state index contributed by atoms with van der Waals surface area (Å²) in [6.07, 6.45) is 0.746. The molecule has 0 spiro atoms. The second kappa shape index (κ2) is 8.75. The molecule has 0 saturated heterocycles. The van der Waals surface area contributed by atoms with E-state index < -0.39 is 0 Å². The summed E-state index contributed by atoms with van der Waals surface area (Å²) in [5.74, 6) is 0.525. The summed E-state index contributed by atoms with van der Waals surface area (Å²) in [5, 5.41) is 9.03. The molecule has 1 rings (SSSR count). The predicted molar refractivity (Wildman–Crippen MR) is 83.0 cm³/mol. The predicted octanol–water partition coefficient (Wildman–Crippen LogP) is 3.98. The number of ketones is 1. The van der Waals surface area contributed by atoms with Crippen molar-refractivity contribution in [1.29, 1.82) is 0 Å². The quantitative estimate of drug-likeness (QED) is 0.907. The van der Waals surface area contributed by atoms with Crippen LogP contribution in [0.3, 0.4) is 0 Å². The van der Waals surface area contributed by atoms with Gasteiger partial charge in [0.15, 0.2) is 0 Å². The van der Waals surface area contributed by atoms with E-state index in [1.54, 1.807) is 19.1 Å². The maximum absolute atomic E-state index is 11.0. The van der Waals surface area contributed by atoms with Gasteiger partial charge in [0.1, 0.15) is 11.5 Å². The fraction of sp³-hybridized carbons (Fsp3) is 0.588. The molecule has 1 atom stereocenters. The number of carbonyl (C=O) groups excluding carboxylic acids is 1. The zero-order chi connectivity index (χ0) is 15.8. The average molecular weight is 280 g/mol. The van der Waals surface area contributed by atoms with E-state index in [4.69, 9.17) is 9.84 Å². The van der Waals surface area contributed by atoms with E-state index in [-0.39, 0.29) is 23.1 Å². The van der Waals surface area contributed by atoms with E-state index in [0.29, 0.717) is 0 Å². The Morgan fingerprint density at radius 2 is 1.75 bits per heavy atom. The van der Waals surface area contributed by atoms with Gasteiger partial charge in [-0.1, -0.05) is 19.1 Å². The molecular weight excluding hydrogens is 252 g/mol. The highest BCUT2D eigenvalue weighted by molar-refractivity contribution is 5.78. The minimum atomic E-state index is 0.0503. The second-order valence-corrected chi connectivity index (χ2v) is 5.93. The van der Waals surface area contributed by atoms with Gasteiger partial charge in [0, 0.05) is 12.5 Å². The van der Waals surface area contributed by atoms with Gasteiger partial charge in [-0.25, -0.2) is 0 Å². The molecule has 0 amide bonds. The van der Waals surface area contributed by atoms with Crippen LogP contribution in [-0.4, -0.2) is 23.1 Å². The number of hydrogen-bond donors (Lipinski definition) is 1. The Morgan fingerprint density at radius 3 is 2.05 bits per heavy atom. The summed E-state index contributed by atoms with van der Waals surface area (Å²) < 4.78 is 5.23. The van der Waals surface area contributed by atoms with Crippen molar-refractivity contribution in [3.63, 3.8) is 0 Å². The average Bonchev–Trinajstić information content (AvgIpc) is 2.31. The van der Waals surface area contributed by atoms with Crippen LogP contribution in [0.5, 0.6) is 5.75 Å². The number of rotatable bonds is 4. The Kier molecular flexibility index (Phi) is 8.16. The fourth-order valence-corrected chi connectivity index (χ4v) is 1.56. The van der Waals surface area contributed by atoms with E-state index in [1.165, 1.54) is 0 Å². The molecule has 0 aliphatic rings. The number of ether oxygens (including phenoxy) is 1. The third-order valence-electron chi connectivity index (χ3n) is 2.75. The number of hydrogen-bond acceptors (Lipinski definition) is 3. The summed E-state index contributed by atoms with van der Waals surface area (Å²) in [6.45, 7) is 12.5. The van der Waals surface area contributed by atoms with Crippen molar-refractivity contribution in [2.24, 2.45) is 5.92 Å². The minimum absolute atomic E-state index is 0.0503. The first kappa shape index (κ1) is 18.7. The van der Waals surface area contributed by atoms with Crippen LogP contribution in [0.2, 0.25) is 0 Å². The lowest BCUT2D eigenvalue weighted by atomic mass is 9.98. The first-order chi connectivity index (χ1) is 9.15. The highest BCUT2D eigenvalue weighted by Crippen LogP contribution is 2.13. The standard InChI is InChI=1S/C11H14O2.C6H14O/c1-8(9(2)12)7-10-3-5-11(13)6-4-10;1-5-7-6(2,3)4/h3-6,8,13H,7H2,1-2H3;5H2,1-4H3. The molecule has 1 aromatic rings. The number of carbonyl (C=O) groups is 1. The molecule has 0 bridgehead atoms. The van der Waals surface area contributed by atoms with Crippen LogP contribution in [0.1, 0.15) is 47.1 Å². The summed E-state index contributed by atoms with van der Waals surface area (Å²) in [7, 11) is 0. The zero-order valence-electron chi connectivity index (χ0n) is 13.6. The van der Waals surface area contributed by atoms with Gasteiger partial charge in [0.05, 0.1) is 5.60 Å². The van der Waals surface area contributed by atoms with Gasteiger partial charge in [-0.05, 0) is 58.7 Å². The number of aromatic hydroxyl groups is 1. The molecule has 0 aromatic heterocycles. The van der Waals surface area contributed by atoms with Crippen molar-refractivity contribution in [2.75, 3.05) is 6.61 Å². The Labute approximate surface area is 123 Å². The molecule has 0 radical (unpaired) electrons. The minimum Gasteiger partial charge on any atom is -0.508 e. The highest BCUT2D eigenvalue weighted by atomic mass is 16.5. The molecule has 0 heterocycles. The topological polar surface area (TPSA) is 46.5 Å². The first-order valence-corrected chi connectivity index (χ1v) is 7.08. The van der Waals surface area contributed by atoms with Crippen LogP contribution >= 0.6 is 0 Å². The third-order valence-corrected chi connectivity index (χ3v) is 2.75. The van der Waals surface area contributed by atoms with Gasteiger partial charge in [0.2, 0.25) is 0 Å². The lowest BCUT2D eigenvalue weighted by Gasteiger charge is -2.17. The fourth-order valence-electron chi connectivity index (χ4n) is 1.56. The molecule has 0 aliphatic carbocycles. The van der Waals surface area contributed by atoms with Gasteiger partial charge in [-0.3, -0.25) is 4.79 Å². The Balaban J connectivity index is 0.000000441. The van der Waals surface area contributed by atoms with Crippen molar-refractivity contribution in [3.8, 4) is 5.75 Å². The molecule has 114 valence electrons. The molecule has 20 heavy (non-hydrogen) atoms. The van der Waals surface area contributed by atoms with Crippen LogP contribution in [0.4, 0.5) is 0 Å². The largest absolute Gasteiger partial charge is 0.508 e. The number of phenolic OH excluding ortho intramolecular Hbond substituents is 1. The third kappa shape index (κ3) is 9.56. The Bertz CT molecular complexity index is 388. The van der Waals surface area contributed by atoms with Gasteiger partial charge in [0.25, 0.3) is 0 Å². The van der Waals surface area contributed by atoms with E-state index in [0.717, 1.165) is 18.6 Å². The van der Waals surface area contributed by atoms with Crippen LogP contribution in [0, 0.1) is 5.92 Å². The molecule has 0 saturated carbocycles. The Hall–Kier alpha value is -1.35. The molecule has 1 aromatic carbocycles. The van der Waals surface area contributed by atoms with Gasteiger partial charge in [-0.15, -0.1) is 0 Å². The summed E-state index contributed by atoms with van der Waals surface area (Å²) in [6, 6.07) is 6.97. The summed E-state index contributed by atoms with van der Waals surface area (Å²) >= 11 is 0. The molecule has 3 heteroatoms. The van der Waals surface area contributed by atoms with Crippen LogP contribution in [0.15, 0.2) is 24.3 Å². The Morgan fingerprint density at radius 1 is 1.25 bits per heavy atom. The lowest BCUT2D eigenvalue weighted by Crippen LogP contribution is -2.18. The summed E-state index contributed by atoms with van der Waals surface area (Å²) in [4.78, 5) is 11.0. The van der Waals surface area contributed by atoms with Crippen LogP contribution in [-0.2, 0) is 16.0 Å². The molecule has 3 nitrogen and oxygen atoms in total. The molecular formula is C17H28O3. The lowest BCUT2D eigenvalue weighted by molar-refractivity contribution is -0.120. The number of phenols is 1. The van der Waals surface area contributed by atoms with E-state index in [1.807, 2.05) is 26.0 Å². The van der Waals surface area contributed by atoms with Gasteiger partial charge in [-0.2, -0.15) is 0 Å². The highest BCUT2D eigenvalue weighted by Gasteiger charge is 2.08. The van der Waals surface area contributed by atoms with Crippen molar-refractivity contribution >= 4 is 5.78 Å². The molecule has 1 unspecified atom stereocenters. The van der Waals surface area contributed by atoms with Crippen molar-refractivity contribution in [2.45, 2.75) is 53.6 Å². The van der Waals surface area contributed by atoms with E-state index >= 15 is 0 Å². The first-order valence-electron chi connectivity index (χ1n) is 7.08. The summed E-state index contributed by atoms with van der Waals surface area (Å²) in [5.41, 5.74) is 1.13. The van der Waals surface area contributed by atoms with Crippen molar-refractivity contribution < 1.29 is 14.6 Å². The normalized spacial score (nSPS) is 12.3. The monoisotopic (exact) mass is 280 g/mol. The van der Waals surface area contributed by atoms with Gasteiger partial charge < -0.3 is 9.84 Å². The molecule has 0 fully saturated rings. The van der Waals surface area contributed by atoms with Crippen molar-refractivity contribution in [3.05, 3.63) is 29.8 Å². The molecule has 1 N–H and O–H groups in total. The SMILES string of the molecule is CC(=O)C(C)Cc1ccc(O)cc1.CCOC(C)(C)C. The number of benzene rings is 1. The zero-order valence-corrected chi connectivity index (χ0v) is 13.6. The van der Waals surface area contributed by atoms with Crippen molar-refractivity contribution in [1.82, 2.24) is 0 Å². The van der Waals surface area contributed by atoms with E-state index in [2.05, 4.69) is 20.8 Å². The van der Waals surface area contributed by atoms with Crippen LogP contribution < -0.4 is 0 Å². The second-order valence-electron chi connectivity index (χ2n) is 5.93. The number of Topliss-reactive ketones (excluding diaryl/α,β-unsaturated/α-hetero) is 1. The maximum atomic E-state index is 11.0. The smallest absolute Gasteiger partial charge is 0.132 e. The maximum Gasteiger partial charge on any atom is 0.132 e. The van der Waals surface area contributed by atoms with E-state index in [9.17, 15) is 4.79 Å². The van der Waals surface area contributed by atoms with Gasteiger partial charge >= 0.3 is 0 Å². The van der Waals surface area contributed by atoms with Crippen LogP contribution in [0.25, 0.3) is 0 Å².